The van der Waals surface area contributed by atoms with Crippen molar-refractivity contribution in [2.24, 2.45) is 0 Å². The minimum atomic E-state index is -0.205. The van der Waals surface area contributed by atoms with Crippen molar-refractivity contribution in [1.29, 1.82) is 0 Å². The smallest absolute Gasteiger partial charge is 0.333 e. The molecule has 1 heterocycles. The van der Waals surface area contributed by atoms with Crippen LogP contribution in [-0.4, -0.2) is 27.7 Å². The molecule has 0 saturated carbocycles. The van der Waals surface area contributed by atoms with Crippen LogP contribution in [0.3, 0.4) is 0 Å². The Kier molecular flexibility index (Phi) is 2.59. The number of amides is 1. The molecule has 0 unspecified atom stereocenters. The lowest BCUT2D eigenvalue weighted by Crippen LogP contribution is -2.29. The monoisotopic (exact) mass is 217 g/mol. The highest BCUT2D eigenvalue weighted by Crippen LogP contribution is 2.17. The zero-order chi connectivity index (χ0) is 11.5. The van der Waals surface area contributed by atoms with Crippen LogP contribution >= 0.6 is 0 Å². The molecule has 0 atom stereocenters. The molecule has 0 radical (unpaired) electrons. The van der Waals surface area contributed by atoms with Gasteiger partial charge in [-0.15, -0.1) is 0 Å². The van der Waals surface area contributed by atoms with Gasteiger partial charge in [-0.25, -0.2) is 9.78 Å². The molecule has 5 heteroatoms. The molecule has 82 valence electrons. The second-order valence-electron chi connectivity index (χ2n) is 3.33. The van der Waals surface area contributed by atoms with Gasteiger partial charge in [-0.05, 0) is 24.3 Å². The predicted octanol–water partition coefficient (Wildman–Crippen LogP) is 1.69. The molecule has 0 spiro atoms. The summed E-state index contributed by atoms with van der Waals surface area (Å²) in [6, 6.07) is 6.21. The first-order valence-electron chi connectivity index (χ1n) is 4.73. The van der Waals surface area contributed by atoms with E-state index < -0.39 is 0 Å². The minimum Gasteiger partial charge on any atom is -0.508 e. The van der Waals surface area contributed by atoms with E-state index >= 15 is 0 Å². The fraction of sp³-hybridized carbons (Fsp3) is 0.0909. The fourth-order valence-electron chi connectivity index (χ4n) is 1.33. The van der Waals surface area contributed by atoms with E-state index in [1.165, 1.54) is 27.9 Å². The standard InChI is InChI=1S/C11H11N3O2/c1-13(9-2-4-10(15)5-3-9)11(16)14-7-6-12-8-14/h2-8,15H,1H3. The van der Waals surface area contributed by atoms with E-state index in [2.05, 4.69) is 4.98 Å². The van der Waals surface area contributed by atoms with Crippen molar-refractivity contribution in [1.82, 2.24) is 9.55 Å². The molecule has 16 heavy (non-hydrogen) atoms. The summed E-state index contributed by atoms with van der Waals surface area (Å²) in [6.45, 7) is 0. The quantitative estimate of drug-likeness (QED) is 0.790. The number of aromatic nitrogens is 2. The highest BCUT2D eigenvalue weighted by atomic mass is 16.3. The molecule has 0 bridgehead atoms. The van der Waals surface area contributed by atoms with Gasteiger partial charge in [0.15, 0.2) is 0 Å². The molecule has 0 aliphatic heterocycles. The molecule has 2 rings (SSSR count). The molecule has 5 nitrogen and oxygen atoms in total. The second-order valence-corrected chi connectivity index (χ2v) is 3.33. The summed E-state index contributed by atoms with van der Waals surface area (Å²) >= 11 is 0. The third-order valence-electron chi connectivity index (χ3n) is 2.25. The van der Waals surface area contributed by atoms with Crippen LogP contribution in [0.25, 0.3) is 0 Å². The van der Waals surface area contributed by atoms with Gasteiger partial charge < -0.3 is 5.11 Å². The van der Waals surface area contributed by atoms with Crippen molar-refractivity contribution < 1.29 is 9.90 Å². The van der Waals surface area contributed by atoms with Crippen molar-refractivity contribution in [2.75, 3.05) is 11.9 Å². The maximum absolute atomic E-state index is 11.9. The molecule has 0 aliphatic rings. The average molecular weight is 217 g/mol. The van der Waals surface area contributed by atoms with E-state index in [-0.39, 0.29) is 11.8 Å². The normalized spacial score (nSPS) is 10.1. The van der Waals surface area contributed by atoms with Gasteiger partial charge in [-0.2, -0.15) is 0 Å². The molecule has 1 N–H and O–H groups in total. The van der Waals surface area contributed by atoms with Crippen LogP contribution in [0, 0.1) is 0 Å². The number of rotatable bonds is 1. The Hall–Kier alpha value is -2.30. The van der Waals surface area contributed by atoms with Crippen LogP contribution in [0.1, 0.15) is 0 Å². The molecule has 0 aliphatic carbocycles. The number of anilines is 1. The van der Waals surface area contributed by atoms with Gasteiger partial charge in [-0.3, -0.25) is 9.47 Å². The number of hydrogen-bond donors (Lipinski definition) is 1. The predicted molar refractivity (Wildman–Crippen MR) is 59.5 cm³/mol. The Morgan fingerprint density at radius 3 is 2.62 bits per heavy atom. The number of benzene rings is 1. The van der Waals surface area contributed by atoms with Crippen LogP contribution in [-0.2, 0) is 0 Å². The van der Waals surface area contributed by atoms with Crippen LogP contribution in [0.5, 0.6) is 5.75 Å². The summed E-state index contributed by atoms with van der Waals surface area (Å²) in [7, 11) is 1.66. The summed E-state index contributed by atoms with van der Waals surface area (Å²) in [5.41, 5.74) is 0.705. The molecule has 0 saturated heterocycles. The highest BCUT2D eigenvalue weighted by Gasteiger charge is 2.11. The van der Waals surface area contributed by atoms with Crippen molar-refractivity contribution in [3.8, 4) is 5.75 Å². The third kappa shape index (κ3) is 1.88. The Morgan fingerprint density at radius 2 is 2.06 bits per heavy atom. The lowest BCUT2D eigenvalue weighted by atomic mass is 10.3. The van der Waals surface area contributed by atoms with Gasteiger partial charge in [0.25, 0.3) is 0 Å². The summed E-state index contributed by atoms with van der Waals surface area (Å²) in [6.07, 6.45) is 4.57. The first kappa shape index (κ1) is 10.2. The minimum absolute atomic E-state index is 0.173. The molecular formula is C11H11N3O2. The van der Waals surface area contributed by atoms with Gasteiger partial charge in [0.05, 0.1) is 0 Å². The van der Waals surface area contributed by atoms with Gasteiger partial charge in [-0.1, -0.05) is 0 Å². The average Bonchev–Trinajstić information content (AvgIpc) is 2.81. The summed E-state index contributed by atoms with van der Waals surface area (Å²) < 4.78 is 1.38. The van der Waals surface area contributed by atoms with E-state index in [1.807, 2.05) is 0 Å². The molecule has 2 aromatic rings. The van der Waals surface area contributed by atoms with Gasteiger partial charge in [0.1, 0.15) is 12.1 Å². The summed E-state index contributed by atoms with van der Waals surface area (Å²) in [5, 5.41) is 9.14. The second kappa shape index (κ2) is 4.06. The lowest BCUT2D eigenvalue weighted by molar-refractivity contribution is 0.249. The first-order valence-corrected chi connectivity index (χ1v) is 4.73. The molecule has 0 fully saturated rings. The van der Waals surface area contributed by atoms with Crippen LogP contribution in [0.15, 0.2) is 43.0 Å². The topological polar surface area (TPSA) is 58.4 Å². The van der Waals surface area contributed by atoms with E-state index in [0.717, 1.165) is 0 Å². The Morgan fingerprint density at radius 1 is 1.38 bits per heavy atom. The van der Waals surface area contributed by atoms with Gasteiger partial charge >= 0.3 is 6.03 Å². The maximum Gasteiger partial charge on any atom is 0.333 e. The molecule has 1 amide bonds. The van der Waals surface area contributed by atoms with Crippen LogP contribution < -0.4 is 4.90 Å². The van der Waals surface area contributed by atoms with E-state index in [9.17, 15) is 4.79 Å². The Bertz CT molecular complexity index is 476. The van der Waals surface area contributed by atoms with Gasteiger partial charge in [0, 0.05) is 25.1 Å². The van der Waals surface area contributed by atoms with Crippen LogP contribution in [0.4, 0.5) is 10.5 Å². The number of nitrogens with zero attached hydrogens (tertiary/aromatic N) is 3. The van der Waals surface area contributed by atoms with Crippen LogP contribution in [0.2, 0.25) is 0 Å². The molecule has 1 aromatic heterocycles. The zero-order valence-electron chi connectivity index (χ0n) is 8.74. The number of phenols is 1. The number of carbonyl (C=O) groups is 1. The van der Waals surface area contributed by atoms with Crippen molar-refractivity contribution in [3.63, 3.8) is 0 Å². The number of phenolic OH excluding ortho intramolecular Hbond substituents is 1. The first-order chi connectivity index (χ1) is 7.68. The maximum atomic E-state index is 11.9. The fourth-order valence-corrected chi connectivity index (χ4v) is 1.33. The lowest BCUT2D eigenvalue weighted by Gasteiger charge is -2.17. The highest BCUT2D eigenvalue weighted by molar-refractivity contribution is 5.92. The van der Waals surface area contributed by atoms with E-state index in [1.54, 1.807) is 31.6 Å². The van der Waals surface area contributed by atoms with E-state index in [0.29, 0.717) is 5.69 Å². The van der Waals surface area contributed by atoms with Crippen molar-refractivity contribution >= 4 is 11.7 Å². The summed E-state index contributed by atoms with van der Waals surface area (Å²) in [5.74, 6) is 0.173. The number of aromatic hydroxyl groups is 1. The van der Waals surface area contributed by atoms with Crippen molar-refractivity contribution in [3.05, 3.63) is 43.0 Å². The zero-order valence-corrected chi connectivity index (χ0v) is 8.74. The number of imidazole rings is 1. The Balaban J connectivity index is 2.22. The number of hydrogen-bond acceptors (Lipinski definition) is 3. The summed E-state index contributed by atoms with van der Waals surface area (Å²) in [4.78, 5) is 17.2. The third-order valence-corrected chi connectivity index (χ3v) is 2.25. The number of carbonyl (C=O) groups excluding carboxylic acids is 1. The molecule has 1 aromatic carbocycles. The van der Waals surface area contributed by atoms with Crippen molar-refractivity contribution in [2.45, 2.75) is 0 Å². The SMILES string of the molecule is CN(C(=O)n1ccnc1)c1ccc(O)cc1. The van der Waals surface area contributed by atoms with E-state index in [4.69, 9.17) is 5.11 Å². The van der Waals surface area contributed by atoms with Gasteiger partial charge in [0.2, 0.25) is 0 Å². The molecular weight excluding hydrogens is 206 g/mol. The Labute approximate surface area is 92.6 Å². The largest absolute Gasteiger partial charge is 0.508 e.